The number of hydrogen-bond acceptors (Lipinski definition) is 8. The van der Waals surface area contributed by atoms with Crippen LogP contribution in [0.4, 0.5) is 0 Å². The number of aliphatic hydroxyl groups is 1. The van der Waals surface area contributed by atoms with Gasteiger partial charge in [-0.05, 0) is 30.0 Å². The van der Waals surface area contributed by atoms with Gasteiger partial charge in [0.25, 0.3) is 0 Å². The molecule has 0 saturated carbocycles. The van der Waals surface area contributed by atoms with Crippen molar-refractivity contribution in [2.45, 2.75) is 57.3 Å². The van der Waals surface area contributed by atoms with Crippen molar-refractivity contribution < 1.29 is 44.4 Å². The Morgan fingerprint density at radius 3 is 1.94 bits per heavy atom. The monoisotopic (exact) mass is 496 g/mol. The summed E-state index contributed by atoms with van der Waals surface area (Å²) in [5.74, 6) is -5.51. The number of nitrogens with two attached hydrogens (primary N) is 1. The SMILES string of the molecule is CC(C)C(NC(=O)C(CO)NC(=O)C(N)CCC(=O)O)C(=O)NC(Cc1ccc(O)cc1)C(=O)O. The quantitative estimate of drug-likeness (QED) is 0.146. The summed E-state index contributed by atoms with van der Waals surface area (Å²) in [4.78, 5) is 59.8. The first-order valence-electron chi connectivity index (χ1n) is 10.9. The van der Waals surface area contributed by atoms with Crippen LogP contribution < -0.4 is 21.7 Å². The number of amides is 3. The second kappa shape index (κ2) is 13.9. The van der Waals surface area contributed by atoms with Gasteiger partial charge in [-0.2, -0.15) is 0 Å². The summed E-state index contributed by atoms with van der Waals surface area (Å²) in [5.41, 5.74) is 6.14. The zero-order valence-electron chi connectivity index (χ0n) is 19.4. The van der Waals surface area contributed by atoms with E-state index in [9.17, 15) is 39.3 Å². The molecule has 0 aromatic heterocycles. The summed E-state index contributed by atoms with van der Waals surface area (Å²) in [5, 5.41) is 44.0. The van der Waals surface area contributed by atoms with E-state index in [1.54, 1.807) is 13.8 Å². The number of phenols is 1. The zero-order chi connectivity index (χ0) is 26.7. The molecule has 1 aromatic carbocycles. The Hall–Kier alpha value is -3.71. The van der Waals surface area contributed by atoms with Crippen LogP contribution in [0.15, 0.2) is 24.3 Å². The van der Waals surface area contributed by atoms with Gasteiger partial charge in [-0.3, -0.25) is 19.2 Å². The molecular formula is C22H32N4O9. The highest BCUT2D eigenvalue weighted by atomic mass is 16.4. The lowest BCUT2D eigenvalue weighted by Gasteiger charge is -2.26. The molecule has 0 heterocycles. The third-order valence-electron chi connectivity index (χ3n) is 5.06. The van der Waals surface area contributed by atoms with Crippen molar-refractivity contribution in [1.82, 2.24) is 16.0 Å². The third kappa shape index (κ3) is 9.98. The van der Waals surface area contributed by atoms with Gasteiger partial charge in [-0.25, -0.2) is 4.79 Å². The van der Waals surface area contributed by atoms with Gasteiger partial charge in [-0.1, -0.05) is 26.0 Å². The number of carbonyl (C=O) groups excluding carboxylic acids is 3. The van der Waals surface area contributed by atoms with Crippen molar-refractivity contribution in [2.75, 3.05) is 6.61 Å². The van der Waals surface area contributed by atoms with E-state index in [0.717, 1.165) is 0 Å². The number of rotatable bonds is 14. The maximum atomic E-state index is 12.8. The fourth-order valence-corrected chi connectivity index (χ4v) is 3.00. The third-order valence-corrected chi connectivity index (χ3v) is 5.06. The van der Waals surface area contributed by atoms with Gasteiger partial charge >= 0.3 is 11.9 Å². The van der Waals surface area contributed by atoms with Crippen molar-refractivity contribution in [3.05, 3.63) is 29.8 Å². The van der Waals surface area contributed by atoms with E-state index in [4.69, 9.17) is 10.8 Å². The van der Waals surface area contributed by atoms with Crippen LogP contribution in [0.1, 0.15) is 32.3 Å². The second-order valence-electron chi connectivity index (χ2n) is 8.28. The van der Waals surface area contributed by atoms with Gasteiger partial charge in [0.15, 0.2) is 0 Å². The van der Waals surface area contributed by atoms with Gasteiger partial charge < -0.3 is 42.1 Å². The molecule has 0 fully saturated rings. The largest absolute Gasteiger partial charge is 0.508 e. The first-order valence-corrected chi connectivity index (χ1v) is 10.9. The molecule has 4 unspecified atom stereocenters. The maximum Gasteiger partial charge on any atom is 0.326 e. The molecule has 0 saturated heterocycles. The predicted octanol–water partition coefficient (Wildman–Crippen LogP) is -1.69. The van der Waals surface area contributed by atoms with Crippen LogP contribution in [0, 0.1) is 5.92 Å². The lowest BCUT2D eigenvalue weighted by atomic mass is 10.0. The lowest BCUT2D eigenvalue weighted by Crippen LogP contribution is -2.59. The summed E-state index contributed by atoms with van der Waals surface area (Å²) in [6.07, 6.45) is -0.631. The molecule has 13 nitrogen and oxygen atoms in total. The van der Waals surface area contributed by atoms with Crippen LogP contribution in [0.3, 0.4) is 0 Å². The van der Waals surface area contributed by atoms with Crippen LogP contribution in [-0.2, 0) is 30.4 Å². The smallest absolute Gasteiger partial charge is 0.326 e. The molecule has 1 aromatic rings. The number of aromatic hydroxyl groups is 1. The van der Waals surface area contributed by atoms with Crippen LogP contribution >= 0.6 is 0 Å². The van der Waals surface area contributed by atoms with Crippen molar-refractivity contribution in [2.24, 2.45) is 11.7 Å². The first kappa shape index (κ1) is 29.3. The molecule has 3 amide bonds. The van der Waals surface area contributed by atoms with Crippen molar-refractivity contribution in [1.29, 1.82) is 0 Å². The summed E-state index contributed by atoms with van der Waals surface area (Å²) in [6, 6.07) is 0.548. The normalized spacial score (nSPS) is 14.3. The van der Waals surface area contributed by atoms with E-state index in [2.05, 4.69) is 16.0 Å². The fourth-order valence-electron chi connectivity index (χ4n) is 3.00. The molecular weight excluding hydrogens is 464 g/mol. The van der Waals surface area contributed by atoms with Crippen molar-refractivity contribution in [3.8, 4) is 5.75 Å². The summed E-state index contributed by atoms with van der Waals surface area (Å²) < 4.78 is 0. The number of carboxylic acids is 2. The molecule has 194 valence electrons. The highest BCUT2D eigenvalue weighted by molar-refractivity contribution is 5.94. The number of carboxylic acid groups (broad SMARTS) is 2. The molecule has 0 aliphatic heterocycles. The van der Waals surface area contributed by atoms with Crippen LogP contribution in [-0.4, -0.2) is 80.9 Å². The van der Waals surface area contributed by atoms with Crippen molar-refractivity contribution >= 4 is 29.7 Å². The Labute approximate surface area is 201 Å². The molecule has 0 aliphatic carbocycles. The summed E-state index contributed by atoms with van der Waals surface area (Å²) in [6.45, 7) is 2.39. The minimum absolute atomic E-state index is 0.000570. The molecule has 4 atom stereocenters. The van der Waals surface area contributed by atoms with Gasteiger partial charge in [0.1, 0.15) is 23.9 Å². The number of aliphatic hydroxyl groups excluding tert-OH is 1. The summed E-state index contributed by atoms with van der Waals surface area (Å²) in [7, 11) is 0. The molecule has 0 bridgehead atoms. The standard InChI is InChI=1S/C22H32N4O9/c1-11(2)18(21(33)24-15(22(34)35)9-12-3-5-13(28)6-4-12)26-20(32)16(10-27)25-19(31)14(23)7-8-17(29)30/h3-6,11,14-16,18,27-28H,7-10,23H2,1-2H3,(H,24,33)(H,25,31)(H,26,32)(H,29,30)(H,34,35). The molecule has 9 N–H and O–H groups in total. The number of carbonyl (C=O) groups is 5. The van der Waals surface area contributed by atoms with Crippen molar-refractivity contribution in [3.63, 3.8) is 0 Å². The van der Waals surface area contributed by atoms with Crippen LogP contribution in [0.25, 0.3) is 0 Å². The minimum Gasteiger partial charge on any atom is -0.508 e. The van der Waals surface area contributed by atoms with Gasteiger partial charge in [0, 0.05) is 12.8 Å². The molecule has 0 spiro atoms. The Bertz CT molecular complexity index is 905. The number of phenolic OH excluding ortho intramolecular Hbond substituents is 1. The summed E-state index contributed by atoms with van der Waals surface area (Å²) >= 11 is 0. The van der Waals surface area contributed by atoms with Gasteiger partial charge in [0.05, 0.1) is 12.6 Å². The fraction of sp³-hybridized carbons (Fsp3) is 0.500. The average molecular weight is 497 g/mol. The minimum atomic E-state index is -1.47. The Balaban J connectivity index is 2.84. The number of hydrogen-bond donors (Lipinski definition) is 8. The molecule has 0 aliphatic rings. The van der Waals surface area contributed by atoms with E-state index in [0.29, 0.717) is 5.56 Å². The van der Waals surface area contributed by atoms with E-state index >= 15 is 0 Å². The zero-order valence-corrected chi connectivity index (χ0v) is 19.4. The lowest BCUT2D eigenvalue weighted by molar-refractivity contribution is -0.142. The van der Waals surface area contributed by atoms with Gasteiger partial charge in [0.2, 0.25) is 17.7 Å². The molecule has 0 radical (unpaired) electrons. The molecule has 35 heavy (non-hydrogen) atoms. The van der Waals surface area contributed by atoms with E-state index < -0.39 is 66.4 Å². The topological polar surface area (TPSA) is 228 Å². The molecule has 13 heteroatoms. The Kier molecular flexibility index (Phi) is 11.6. The average Bonchev–Trinajstić information content (AvgIpc) is 2.79. The predicted molar refractivity (Wildman–Crippen MR) is 122 cm³/mol. The van der Waals surface area contributed by atoms with Crippen LogP contribution in [0.2, 0.25) is 0 Å². The number of aliphatic carboxylic acids is 2. The second-order valence-corrected chi connectivity index (χ2v) is 8.28. The highest BCUT2D eigenvalue weighted by Crippen LogP contribution is 2.12. The van der Waals surface area contributed by atoms with E-state index in [-0.39, 0.29) is 25.0 Å². The van der Waals surface area contributed by atoms with E-state index in [1.165, 1.54) is 24.3 Å². The number of nitrogens with one attached hydrogen (secondary N) is 3. The van der Waals surface area contributed by atoms with E-state index in [1.807, 2.05) is 0 Å². The van der Waals surface area contributed by atoms with Crippen LogP contribution in [0.5, 0.6) is 5.75 Å². The maximum absolute atomic E-state index is 12.8. The first-order chi connectivity index (χ1) is 16.3. The number of benzene rings is 1. The molecule has 1 rings (SSSR count). The van der Waals surface area contributed by atoms with Gasteiger partial charge in [-0.15, -0.1) is 0 Å². The Morgan fingerprint density at radius 1 is 0.886 bits per heavy atom. The Morgan fingerprint density at radius 2 is 1.46 bits per heavy atom. The highest BCUT2D eigenvalue weighted by Gasteiger charge is 2.31.